The average molecular weight is 160 g/mol. The molecule has 0 radical (unpaired) electrons. The first-order valence-electron chi connectivity index (χ1n) is 2.77. The number of nitrogens with zero attached hydrogens (tertiary/aromatic N) is 2. The van der Waals surface area contributed by atoms with Crippen LogP contribution in [-0.4, -0.2) is 27.0 Å². The molecular formula is C4H8N4OS. The standard InChI is InChI=1S/C4H8N4OS/c5-3-4(6-1-2-9)8-10-7-3/h9H,1-2H2,(H2,5,7)(H,6,8). The van der Waals surface area contributed by atoms with Gasteiger partial charge in [0.1, 0.15) is 0 Å². The molecule has 0 bridgehead atoms. The van der Waals surface area contributed by atoms with Crippen LogP contribution < -0.4 is 11.1 Å². The summed E-state index contributed by atoms with van der Waals surface area (Å²) >= 11 is 1.05. The lowest BCUT2D eigenvalue weighted by Gasteiger charge is -1.97. The van der Waals surface area contributed by atoms with Crippen molar-refractivity contribution in [1.29, 1.82) is 0 Å². The van der Waals surface area contributed by atoms with Crippen LogP contribution in [0.4, 0.5) is 11.6 Å². The Morgan fingerprint density at radius 2 is 2.40 bits per heavy atom. The van der Waals surface area contributed by atoms with Crippen molar-refractivity contribution < 1.29 is 5.11 Å². The molecule has 4 N–H and O–H groups in total. The number of aromatic nitrogens is 2. The first-order valence-corrected chi connectivity index (χ1v) is 3.50. The number of nitrogens with one attached hydrogen (secondary N) is 1. The van der Waals surface area contributed by atoms with Gasteiger partial charge in [-0.15, -0.1) is 0 Å². The number of aliphatic hydroxyl groups is 1. The molecule has 0 unspecified atom stereocenters. The molecule has 0 aliphatic rings. The second kappa shape index (κ2) is 3.33. The van der Waals surface area contributed by atoms with E-state index in [-0.39, 0.29) is 6.61 Å². The van der Waals surface area contributed by atoms with Gasteiger partial charge in [-0.1, -0.05) is 0 Å². The summed E-state index contributed by atoms with van der Waals surface area (Å²) in [7, 11) is 0. The lowest BCUT2D eigenvalue weighted by atomic mass is 10.6. The Kier molecular flexibility index (Phi) is 2.41. The van der Waals surface area contributed by atoms with Gasteiger partial charge in [0.2, 0.25) is 0 Å². The van der Waals surface area contributed by atoms with Gasteiger partial charge in [-0.3, -0.25) is 0 Å². The second-order valence-corrected chi connectivity index (χ2v) is 2.18. The lowest BCUT2D eigenvalue weighted by molar-refractivity contribution is 0.311. The van der Waals surface area contributed by atoms with Crippen molar-refractivity contribution in [2.75, 3.05) is 24.2 Å². The Balaban J connectivity index is 2.49. The van der Waals surface area contributed by atoms with E-state index in [0.29, 0.717) is 18.2 Å². The molecule has 5 nitrogen and oxygen atoms in total. The van der Waals surface area contributed by atoms with Crippen LogP contribution in [-0.2, 0) is 0 Å². The molecule has 1 aromatic rings. The van der Waals surface area contributed by atoms with E-state index in [1.54, 1.807) is 0 Å². The van der Waals surface area contributed by atoms with Crippen LogP contribution in [0.25, 0.3) is 0 Å². The van der Waals surface area contributed by atoms with E-state index >= 15 is 0 Å². The van der Waals surface area contributed by atoms with Crippen molar-refractivity contribution in [2.45, 2.75) is 0 Å². The monoisotopic (exact) mass is 160 g/mol. The predicted molar refractivity (Wildman–Crippen MR) is 39.9 cm³/mol. The summed E-state index contributed by atoms with van der Waals surface area (Å²) in [6, 6.07) is 0. The first kappa shape index (κ1) is 7.23. The number of nitrogen functional groups attached to an aromatic ring is 1. The minimum Gasteiger partial charge on any atom is -0.395 e. The molecule has 0 aromatic carbocycles. The number of aliphatic hydroxyl groups excluding tert-OH is 1. The van der Waals surface area contributed by atoms with Gasteiger partial charge in [0.05, 0.1) is 18.3 Å². The molecular weight excluding hydrogens is 152 g/mol. The molecule has 0 atom stereocenters. The summed E-state index contributed by atoms with van der Waals surface area (Å²) in [5, 5.41) is 11.2. The smallest absolute Gasteiger partial charge is 0.184 e. The van der Waals surface area contributed by atoms with Gasteiger partial charge in [-0.25, -0.2) is 0 Å². The number of rotatable bonds is 3. The zero-order valence-corrected chi connectivity index (χ0v) is 6.06. The highest BCUT2D eigenvalue weighted by atomic mass is 32.1. The van der Waals surface area contributed by atoms with Crippen LogP contribution in [0.2, 0.25) is 0 Å². The largest absolute Gasteiger partial charge is 0.395 e. The molecule has 0 aliphatic carbocycles. The molecule has 1 rings (SSSR count). The Hall–Kier alpha value is -0.880. The van der Waals surface area contributed by atoms with E-state index in [4.69, 9.17) is 10.8 Å². The maximum absolute atomic E-state index is 8.41. The lowest BCUT2D eigenvalue weighted by Crippen LogP contribution is -2.07. The molecule has 0 amide bonds. The Morgan fingerprint density at radius 3 is 2.90 bits per heavy atom. The number of nitrogens with two attached hydrogens (primary N) is 1. The maximum Gasteiger partial charge on any atom is 0.184 e. The van der Waals surface area contributed by atoms with E-state index in [0.717, 1.165) is 11.7 Å². The van der Waals surface area contributed by atoms with Crippen molar-refractivity contribution >= 4 is 23.4 Å². The fraction of sp³-hybridized carbons (Fsp3) is 0.500. The molecule has 1 aromatic heterocycles. The fourth-order valence-corrected chi connectivity index (χ4v) is 0.947. The Morgan fingerprint density at radius 1 is 1.60 bits per heavy atom. The summed E-state index contributed by atoms with van der Waals surface area (Å²) in [5.74, 6) is 0.942. The molecule has 0 saturated heterocycles. The fourth-order valence-electron chi connectivity index (χ4n) is 0.492. The topological polar surface area (TPSA) is 84.1 Å². The van der Waals surface area contributed by atoms with Crippen LogP contribution in [0.15, 0.2) is 0 Å². The van der Waals surface area contributed by atoms with Gasteiger partial charge in [-0.05, 0) is 0 Å². The predicted octanol–water partition coefficient (Wildman–Crippen LogP) is -0.476. The van der Waals surface area contributed by atoms with Crippen molar-refractivity contribution in [3.8, 4) is 0 Å². The average Bonchev–Trinajstić information content (AvgIpc) is 2.31. The van der Waals surface area contributed by atoms with Crippen molar-refractivity contribution in [2.24, 2.45) is 0 Å². The van der Waals surface area contributed by atoms with Crippen LogP contribution in [0.3, 0.4) is 0 Å². The Labute approximate surface area is 62.2 Å². The highest BCUT2D eigenvalue weighted by molar-refractivity contribution is 6.99. The van der Waals surface area contributed by atoms with E-state index in [9.17, 15) is 0 Å². The van der Waals surface area contributed by atoms with Gasteiger partial charge in [0, 0.05) is 6.54 Å². The van der Waals surface area contributed by atoms with Gasteiger partial charge in [0.15, 0.2) is 11.6 Å². The summed E-state index contributed by atoms with van der Waals surface area (Å²) in [6.45, 7) is 0.520. The van der Waals surface area contributed by atoms with Crippen LogP contribution in [0.1, 0.15) is 0 Å². The zero-order chi connectivity index (χ0) is 7.40. The number of anilines is 2. The normalized spacial score (nSPS) is 9.70. The third kappa shape index (κ3) is 1.55. The molecule has 0 saturated carbocycles. The summed E-state index contributed by atoms with van der Waals surface area (Å²) < 4.78 is 7.57. The van der Waals surface area contributed by atoms with Crippen LogP contribution in [0, 0.1) is 0 Å². The quantitative estimate of drug-likeness (QED) is 0.556. The summed E-state index contributed by atoms with van der Waals surface area (Å²) in [4.78, 5) is 0. The highest BCUT2D eigenvalue weighted by Gasteiger charge is 2.00. The van der Waals surface area contributed by atoms with Gasteiger partial charge >= 0.3 is 0 Å². The molecule has 0 spiro atoms. The van der Waals surface area contributed by atoms with Crippen LogP contribution in [0.5, 0.6) is 0 Å². The minimum absolute atomic E-state index is 0.0664. The minimum atomic E-state index is 0.0664. The van der Waals surface area contributed by atoms with Crippen molar-refractivity contribution in [1.82, 2.24) is 8.75 Å². The summed E-state index contributed by atoms with van der Waals surface area (Å²) in [6.07, 6.45) is 0. The van der Waals surface area contributed by atoms with Crippen LogP contribution >= 0.6 is 11.7 Å². The van der Waals surface area contributed by atoms with Gasteiger partial charge in [0.25, 0.3) is 0 Å². The molecule has 10 heavy (non-hydrogen) atoms. The van der Waals surface area contributed by atoms with Gasteiger partial charge in [-0.2, -0.15) is 8.75 Å². The third-order valence-electron chi connectivity index (χ3n) is 0.918. The third-order valence-corrected chi connectivity index (χ3v) is 1.46. The van der Waals surface area contributed by atoms with Crippen molar-refractivity contribution in [3.63, 3.8) is 0 Å². The molecule has 0 fully saturated rings. The maximum atomic E-state index is 8.41. The summed E-state index contributed by atoms with van der Waals surface area (Å²) in [5.41, 5.74) is 5.37. The molecule has 0 aliphatic heterocycles. The SMILES string of the molecule is Nc1nsnc1NCCO. The first-order chi connectivity index (χ1) is 4.84. The van der Waals surface area contributed by atoms with E-state index < -0.39 is 0 Å². The zero-order valence-electron chi connectivity index (χ0n) is 5.24. The van der Waals surface area contributed by atoms with E-state index in [1.807, 2.05) is 0 Å². The number of hydrogen-bond acceptors (Lipinski definition) is 6. The van der Waals surface area contributed by atoms with E-state index in [1.165, 1.54) is 0 Å². The highest BCUT2D eigenvalue weighted by Crippen LogP contribution is 2.12. The van der Waals surface area contributed by atoms with Crippen molar-refractivity contribution in [3.05, 3.63) is 0 Å². The van der Waals surface area contributed by atoms with E-state index in [2.05, 4.69) is 14.1 Å². The molecule has 6 heteroatoms. The molecule has 56 valence electrons. The van der Waals surface area contributed by atoms with Gasteiger partial charge < -0.3 is 16.2 Å². The molecule has 1 heterocycles. The second-order valence-electron chi connectivity index (χ2n) is 1.65. The Bertz CT molecular complexity index is 201. The number of hydrogen-bond donors (Lipinski definition) is 3.